The minimum absolute atomic E-state index is 0.0719. The Kier molecular flexibility index (Phi) is 4.57. The van der Waals surface area contributed by atoms with Crippen LogP contribution in [0.5, 0.6) is 11.5 Å². The standard InChI is InChI=1S/C13H5Br2F5O/c14-8-2-1-7(5-9(8)15)21-12-10(16)3-6(4-11(12)17)13(18,19)20/h1-5H. The first-order valence-electron chi connectivity index (χ1n) is 5.37. The van der Waals surface area contributed by atoms with E-state index < -0.39 is 29.1 Å². The molecule has 112 valence electrons. The Morgan fingerprint density at radius 2 is 1.43 bits per heavy atom. The summed E-state index contributed by atoms with van der Waals surface area (Å²) in [6, 6.07) is 4.75. The Hall–Kier alpha value is -1.15. The fraction of sp³-hybridized carbons (Fsp3) is 0.0769. The molecule has 0 N–H and O–H groups in total. The van der Waals surface area contributed by atoms with Gasteiger partial charge in [0, 0.05) is 8.95 Å². The second-order valence-corrected chi connectivity index (χ2v) is 5.65. The van der Waals surface area contributed by atoms with E-state index in [1.54, 1.807) is 6.07 Å². The maximum Gasteiger partial charge on any atom is 0.416 e. The Labute approximate surface area is 133 Å². The lowest BCUT2D eigenvalue weighted by Crippen LogP contribution is -2.07. The highest BCUT2D eigenvalue weighted by molar-refractivity contribution is 9.13. The first kappa shape index (κ1) is 16.2. The Balaban J connectivity index is 2.39. The maximum atomic E-state index is 13.6. The molecule has 2 aromatic rings. The van der Waals surface area contributed by atoms with Crippen molar-refractivity contribution in [1.29, 1.82) is 0 Å². The van der Waals surface area contributed by atoms with Gasteiger partial charge in [-0.3, -0.25) is 0 Å². The zero-order chi connectivity index (χ0) is 15.8. The molecule has 2 rings (SSSR count). The molecule has 0 aliphatic carbocycles. The zero-order valence-corrected chi connectivity index (χ0v) is 13.1. The summed E-state index contributed by atoms with van der Waals surface area (Å²) in [7, 11) is 0. The molecular formula is C13H5Br2F5O. The molecule has 0 bridgehead atoms. The van der Waals surface area contributed by atoms with Gasteiger partial charge in [0.15, 0.2) is 17.4 Å². The van der Waals surface area contributed by atoms with Crippen molar-refractivity contribution in [3.63, 3.8) is 0 Å². The van der Waals surface area contributed by atoms with E-state index in [0.29, 0.717) is 8.95 Å². The van der Waals surface area contributed by atoms with Crippen molar-refractivity contribution in [3.05, 3.63) is 56.5 Å². The van der Waals surface area contributed by atoms with Crippen molar-refractivity contribution in [2.24, 2.45) is 0 Å². The number of hydrogen-bond donors (Lipinski definition) is 0. The number of rotatable bonds is 2. The second-order valence-electron chi connectivity index (χ2n) is 3.94. The van der Waals surface area contributed by atoms with Gasteiger partial charge in [0.05, 0.1) is 5.56 Å². The van der Waals surface area contributed by atoms with Gasteiger partial charge in [-0.15, -0.1) is 0 Å². The molecule has 0 amide bonds. The summed E-state index contributed by atoms with van der Waals surface area (Å²) < 4.78 is 70.7. The van der Waals surface area contributed by atoms with Crippen LogP contribution in [0, 0.1) is 11.6 Å². The van der Waals surface area contributed by atoms with Crippen LogP contribution in [-0.2, 0) is 6.18 Å². The van der Waals surface area contributed by atoms with Crippen LogP contribution in [0.25, 0.3) is 0 Å². The van der Waals surface area contributed by atoms with Crippen molar-refractivity contribution in [2.45, 2.75) is 6.18 Å². The van der Waals surface area contributed by atoms with Gasteiger partial charge in [0.1, 0.15) is 5.75 Å². The van der Waals surface area contributed by atoms with E-state index in [1.807, 2.05) is 0 Å². The van der Waals surface area contributed by atoms with E-state index >= 15 is 0 Å². The average Bonchev–Trinajstić information content (AvgIpc) is 2.36. The molecule has 0 heterocycles. The van der Waals surface area contributed by atoms with Gasteiger partial charge in [0.2, 0.25) is 0 Å². The van der Waals surface area contributed by atoms with Crippen molar-refractivity contribution in [2.75, 3.05) is 0 Å². The molecule has 0 radical (unpaired) electrons. The molecule has 21 heavy (non-hydrogen) atoms. The maximum absolute atomic E-state index is 13.6. The number of alkyl halides is 3. The van der Waals surface area contributed by atoms with Crippen LogP contribution in [0.15, 0.2) is 39.3 Å². The van der Waals surface area contributed by atoms with Crippen LogP contribution in [0.2, 0.25) is 0 Å². The van der Waals surface area contributed by atoms with Crippen molar-refractivity contribution in [1.82, 2.24) is 0 Å². The topological polar surface area (TPSA) is 9.23 Å². The first-order chi connectivity index (χ1) is 9.68. The number of hydrogen-bond acceptors (Lipinski definition) is 1. The minimum atomic E-state index is -4.83. The van der Waals surface area contributed by atoms with Crippen LogP contribution in [0.4, 0.5) is 22.0 Å². The fourth-order valence-corrected chi connectivity index (χ4v) is 2.08. The Morgan fingerprint density at radius 3 is 1.90 bits per heavy atom. The number of benzene rings is 2. The molecule has 0 aromatic heterocycles. The molecule has 8 heteroatoms. The van der Waals surface area contributed by atoms with E-state index in [4.69, 9.17) is 4.74 Å². The van der Waals surface area contributed by atoms with Crippen LogP contribution in [-0.4, -0.2) is 0 Å². The minimum Gasteiger partial charge on any atom is -0.451 e. The van der Waals surface area contributed by atoms with Crippen molar-refractivity contribution >= 4 is 31.9 Å². The predicted octanol–water partition coefficient (Wildman–Crippen LogP) is 6.30. The van der Waals surface area contributed by atoms with Gasteiger partial charge in [-0.25, -0.2) is 8.78 Å². The molecule has 2 aromatic carbocycles. The summed E-state index contributed by atoms with van der Waals surface area (Å²) in [5.41, 5.74) is -1.41. The number of ether oxygens (including phenoxy) is 1. The molecule has 1 nitrogen and oxygen atoms in total. The third kappa shape index (κ3) is 3.74. The predicted molar refractivity (Wildman–Crippen MR) is 73.3 cm³/mol. The fourth-order valence-electron chi connectivity index (χ4n) is 1.48. The van der Waals surface area contributed by atoms with Gasteiger partial charge in [-0.05, 0) is 62.2 Å². The highest BCUT2D eigenvalue weighted by Crippen LogP contribution is 2.36. The molecule has 0 unspecified atom stereocenters. The summed E-state index contributed by atoms with van der Waals surface area (Å²) in [6.07, 6.45) is -4.83. The molecule has 0 aliphatic rings. The lowest BCUT2D eigenvalue weighted by molar-refractivity contribution is -0.138. The van der Waals surface area contributed by atoms with Crippen molar-refractivity contribution < 1.29 is 26.7 Å². The molecule has 0 aliphatic heterocycles. The zero-order valence-electron chi connectivity index (χ0n) is 9.94. The lowest BCUT2D eigenvalue weighted by atomic mass is 10.2. The first-order valence-corrected chi connectivity index (χ1v) is 6.96. The lowest BCUT2D eigenvalue weighted by Gasteiger charge is -2.12. The van der Waals surface area contributed by atoms with Gasteiger partial charge < -0.3 is 4.74 Å². The van der Waals surface area contributed by atoms with Crippen LogP contribution in [0.1, 0.15) is 5.56 Å². The molecule has 0 saturated carbocycles. The molecule has 0 atom stereocenters. The summed E-state index contributed by atoms with van der Waals surface area (Å²) in [5.74, 6) is -3.68. The van der Waals surface area contributed by atoms with E-state index in [2.05, 4.69) is 31.9 Å². The van der Waals surface area contributed by atoms with Gasteiger partial charge in [0.25, 0.3) is 0 Å². The third-order valence-corrected chi connectivity index (χ3v) is 4.32. The normalized spacial score (nSPS) is 11.6. The smallest absolute Gasteiger partial charge is 0.416 e. The molecular weight excluding hydrogens is 427 g/mol. The largest absolute Gasteiger partial charge is 0.451 e. The highest BCUT2D eigenvalue weighted by atomic mass is 79.9. The van der Waals surface area contributed by atoms with E-state index in [1.165, 1.54) is 12.1 Å². The quantitative estimate of drug-likeness (QED) is 0.507. The molecule has 0 spiro atoms. The van der Waals surface area contributed by atoms with Gasteiger partial charge in [-0.1, -0.05) is 0 Å². The summed E-state index contributed by atoms with van der Waals surface area (Å²) in [6.45, 7) is 0. The van der Waals surface area contributed by atoms with Crippen molar-refractivity contribution in [3.8, 4) is 11.5 Å². The molecule has 0 saturated heterocycles. The van der Waals surface area contributed by atoms with Crippen LogP contribution in [0.3, 0.4) is 0 Å². The van der Waals surface area contributed by atoms with E-state index in [-0.39, 0.29) is 17.9 Å². The van der Waals surface area contributed by atoms with E-state index in [9.17, 15) is 22.0 Å². The Bertz CT molecular complexity index is 662. The van der Waals surface area contributed by atoms with Crippen LogP contribution >= 0.6 is 31.9 Å². The SMILES string of the molecule is Fc1cc(C(F)(F)F)cc(F)c1Oc1ccc(Br)c(Br)c1. The third-order valence-electron chi connectivity index (χ3n) is 2.44. The summed E-state index contributed by atoms with van der Waals surface area (Å²) in [4.78, 5) is 0. The number of halogens is 7. The van der Waals surface area contributed by atoms with Gasteiger partial charge in [-0.2, -0.15) is 13.2 Å². The monoisotopic (exact) mass is 430 g/mol. The summed E-state index contributed by atoms with van der Waals surface area (Å²) in [5, 5.41) is 0. The van der Waals surface area contributed by atoms with Crippen LogP contribution < -0.4 is 4.74 Å². The van der Waals surface area contributed by atoms with Gasteiger partial charge >= 0.3 is 6.18 Å². The summed E-state index contributed by atoms with van der Waals surface area (Å²) >= 11 is 6.37. The average molecular weight is 432 g/mol. The highest BCUT2D eigenvalue weighted by Gasteiger charge is 2.33. The van der Waals surface area contributed by atoms with E-state index in [0.717, 1.165) is 0 Å². The molecule has 0 fully saturated rings. The Morgan fingerprint density at radius 1 is 0.857 bits per heavy atom. The second kappa shape index (κ2) is 5.92.